The Labute approximate surface area is 376 Å². The number of benzene rings is 4. The van der Waals surface area contributed by atoms with Crippen molar-refractivity contribution < 1.29 is 38.1 Å². The number of carbonyl (C=O) groups excluding carboxylic acids is 4. The van der Waals surface area contributed by atoms with Crippen molar-refractivity contribution in [3.63, 3.8) is 0 Å². The molecule has 0 spiro atoms. The molecule has 2 aromatic heterocycles. The normalized spacial score (nSPS) is 20.0. The molecule has 4 N–H and O–H groups in total. The molecule has 4 amide bonds. The minimum absolute atomic E-state index is 0.134. The first-order valence-electron chi connectivity index (χ1n) is 22.2. The maximum Gasteiger partial charge on any atom is 0.407 e. The SMILES string of the molecule is CCO[C@H]1C[C@@H](c2nc3c(ccc4cc5c(cc43)OCc3cc(-c4cnc([C@@H]6C[C@H](C)CN6C(=O)[C@@H](NC(=O)OC)C(C)C)[nH]4)ccc3-5)[nH]2)N(C(=O)[C@H](NC(=O)OC)c2ccccc2)C1. The lowest BCUT2D eigenvalue weighted by Crippen LogP contribution is -2.51. The molecule has 0 aliphatic carbocycles. The highest BCUT2D eigenvalue weighted by Crippen LogP contribution is 2.44. The molecule has 0 unspecified atom stereocenters. The lowest BCUT2D eigenvalue weighted by molar-refractivity contribution is -0.136. The van der Waals surface area contributed by atoms with E-state index in [2.05, 4.69) is 57.9 Å². The molecule has 6 atom stereocenters. The molecule has 3 aliphatic rings. The Morgan fingerprint density at radius 3 is 2.35 bits per heavy atom. The van der Waals surface area contributed by atoms with Crippen molar-refractivity contribution >= 4 is 45.8 Å². The van der Waals surface area contributed by atoms with Gasteiger partial charge < -0.3 is 49.3 Å². The molecule has 0 saturated carbocycles. The second kappa shape index (κ2) is 17.9. The monoisotopic (exact) mass is 882 g/mol. The number of H-pyrrole nitrogens is 2. The summed E-state index contributed by atoms with van der Waals surface area (Å²) < 4.78 is 22.2. The predicted octanol–water partition coefficient (Wildman–Crippen LogP) is 7.73. The molecule has 0 radical (unpaired) electrons. The number of ether oxygens (including phenoxy) is 4. The van der Waals surface area contributed by atoms with Crippen molar-refractivity contribution in [1.29, 1.82) is 0 Å². The van der Waals surface area contributed by atoms with Gasteiger partial charge in [0.2, 0.25) is 5.91 Å². The van der Waals surface area contributed by atoms with E-state index in [4.69, 9.17) is 28.9 Å². The second-order valence-electron chi connectivity index (χ2n) is 17.5. The van der Waals surface area contributed by atoms with Crippen LogP contribution in [0.5, 0.6) is 5.75 Å². The molecule has 9 rings (SSSR count). The topological polar surface area (TPSA) is 193 Å². The zero-order chi connectivity index (χ0) is 45.5. The van der Waals surface area contributed by atoms with Crippen LogP contribution in [0.1, 0.15) is 81.4 Å². The number of rotatable bonds is 11. The van der Waals surface area contributed by atoms with E-state index in [1.54, 1.807) is 17.0 Å². The molecule has 3 aliphatic heterocycles. The number of nitrogens with one attached hydrogen (secondary N) is 4. The van der Waals surface area contributed by atoms with Gasteiger partial charge in [0.1, 0.15) is 36.1 Å². The average molecular weight is 883 g/mol. The van der Waals surface area contributed by atoms with Crippen LogP contribution < -0.4 is 15.4 Å². The Bertz CT molecular complexity index is 2770. The van der Waals surface area contributed by atoms with E-state index in [1.807, 2.05) is 62.2 Å². The molecule has 5 heterocycles. The van der Waals surface area contributed by atoms with Gasteiger partial charge in [0, 0.05) is 37.1 Å². The van der Waals surface area contributed by atoms with Gasteiger partial charge in [-0.05, 0) is 77.1 Å². The van der Waals surface area contributed by atoms with Crippen molar-refractivity contribution in [2.24, 2.45) is 11.8 Å². The fraction of sp³-hybridized carbons (Fsp3) is 0.388. The van der Waals surface area contributed by atoms with E-state index in [0.717, 1.165) is 61.9 Å². The van der Waals surface area contributed by atoms with Crippen molar-refractivity contribution in [1.82, 2.24) is 40.4 Å². The van der Waals surface area contributed by atoms with Gasteiger partial charge in [0.15, 0.2) is 0 Å². The molecular formula is C49H54N8O8. The van der Waals surface area contributed by atoms with E-state index in [-0.39, 0.29) is 35.8 Å². The predicted molar refractivity (Wildman–Crippen MR) is 243 cm³/mol. The number of carbonyl (C=O) groups is 4. The summed E-state index contributed by atoms with van der Waals surface area (Å²) in [4.78, 5) is 73.3. The van der Waals surface area contributed by atoms with Crippen molar-refractivity contribution in [2.75, 3.05) is 33.9 Å². The third-order valence-corrected chi connectivity index (χ3v) is 12.9. The molecule has 16 heteroatoms. The fourth-order valence-corrected chi connectivity index (χ4v) is 9.64. The number of methoxy groups -OCH3 is 2. The highest BCUT2D eigenvalue weighted by molar-refractivity contribution is 6.07. The molecule has 0 bridgehead atoms. The zero-order valence-corrected chi connectivity index (χ0v) is 37.3. The van der Waals surface area contributed by atoms with Crippen molar-refractivity contribution in [2.45, 2.75) is 77.4 Å². The minimum Gasteiger partial charge on any atom is -0.488 e. The minimum atomic E-state index is -0.970. The van der Waals surface area contributed by atoms with Crippen LogP contribution in [-0.2, 0) is 30.4 Å². The highest BCUT2D eigenvalue weighted by Gasteiger charge is 2.43. The number of hydrogen-bond acceptors (Lipinski definition) is 10. The summed E-state index contributed by atoms with van der Waals surface area (Å²) in [5.74, 6) is 1.75. The second-order valence-corrected chi connectivity index (χ2v) is 17.5. The summed E-state index contributed by atoms with van der Waals surface area (Å²) in [6.45, 7) is 9.60. The van der Waals surface area contributed by atoms with Gasteiger partial charge in [-0.1, -0.05) is 69.3 Å². The molecular weight excluding hydrogens is 829 g/mol. The quantitative estimate of drug-likeness (QED) is 0.100. The number of alkyl carbamates (subject to hydrolysis) is 2. The number of fused-ring (bicyclic) bond motifs is 6. The van der Waals surface area contributed by atoms with E-state index < -0.39 is 30.3 Å². The van der Waals surface area contributed by atoms with Gasteiger partial charge in [-0.25, -0.2) is 19.6 Å². The van der Waals surface area contributed by atoms with Crippen molar-refractivity contribution in [3.8, 4) is 28.1 Å². The van der Waals surface area contributed by atoms with Gasteiger partial charge >= 0.3 is 12.2 Å². The van der Waals surface area contributed by atoms with Gasteiger partial charge in [-0.2, -0.15) is 0 Å². The van der Waals surface area contributed by atoms with Gasteiger partial charge in [0.25, 0.3) is 5.91 Å². The van der Waals surface area contributed by atoms with Gasteiger partial charge in [-0.3, -0.25) is 9.59 Å². The molecule has 6 aromatic rings. The maximum absolute atomic E-state index is 14.4. The summed E-state index contributed by atoms with van der Waals surface area (Å²) in [5, 5.41) is 7.36. The Balaban J connectivity index is 0.981. The fourth-order valence-electron chi connectivity index (χ4n) is 9.64. The van der Waals surface area contributed by atoms with Gasteiger partial charge in [0.05, 0.1) is 55.3 Å². The van der Waals surface area contributed by atoms with Crippen LogP contribution in [-0.4, -0.2) is 99.8 Å². The number of imidazole rings is 2. The van der Waals surface area contributed by atoms with Crippen molar-refractivity contribution in [3.05, 3.63) is 102 Å². The van der Waals surface area contributed by atoms with Crippen LogP contribution >= 0.6 is 0 Å². The molecule has 338 valence electrons. The lowest BCUT2D eigenvalue weighted by Gasteiger charge is -2.30. The number of likely N-dealkylation sites (tertiary alicyclic amines) is 2. The number of nitrogens with zero attached hydrogens (tertiary/aromatic N) is 4. The first-order chi connectivity index (χ1) is 31.4. The third-order valence-electron chi connectivity index (χ3n) is 12.9. The van der Waals surface area contributed by atoms with Crippen LogP contribution in [0, 0.1) is 11.8 Å². The first-order valence-corrected chi connectivity index (χ1v) is 22.2. The van der Waals surface area contributed by atoms with Crippen LogP contribution in [0.15, 0.2) is 79.0 Å². The van der Waals surface area contributed by atoms with Gasteiger partial charge in [-0.15, -0.1) is 0 Å². The third kappa shape index (κ3) is 8.34. The van der Waals surface area contributed by atoms with Crippen LogP contribution in [0.4, 0.5) is 9.59 Å². The largest absolute Gasteiger partial charge is 0.488 e. The Kier molecular flexibility index (Phi) is 11.9. The summed E-state index contributed by atoms with van der Waals surface area (Å²) >= 11 is 0. The van der Waals surface area contributed by atoms with Crippen LogP contribution in [0.2, 0.25) is 0 Å². The van der Waals surface area contributed by atoms with Crippen LogP contribution in [0.25, 0.3) is 44.2 Å². The van der Waals surface area contributed by atoms with E-state index in [1.165, 1.54) is 14.2 Å². The summed E-state index contributed by atoms with van der Waals surface area (Å²) in [7, 11) is 2.56. The lowest BCUT2D eigenvalue weighted by atomic mass is 9.92. The average Bonchev–Trinajstić information content (AvgIpc) is 4.15. The molecule has 2 saturated heterocycles. The number of aromatic amines is 2. The molecule has 4 aromatic carbocycles. The van der Waals surface area contributed by atoms with Crippen LogP contribution in [0.3, 0.4) is 0 Å². The molecule has 65 heavy (non-hydrogen) atoms. The summed E-state index contributed by atoms with van der Waals surface area (Å²) in [6.07, 6.45) is 1.52. The highest BCUT2D eigenvalue weighted by atomic mass is 16.5. The molecule has 16 nitrogen and oxygen atoms in total. The number of aromatic nitrogens is 4. The Hall–Kier alpha value is -6.94. The maximum atomic E-state index is 14.4. The Morgan fingerprint density at radius 2 is 1.60 bits per heavy atom. The van der Waals surface area contributed by atoms with E-state index >= 15 is 0 Å². The standard InChI is InChI=1S/C49H54N8O8/c1-7-64-32-20-39(57(24-32)47(59)42(55-49(61)63-6)28-11-9-8-10-12-28)45-51-36-16-14-29-19-35-33-15-13-30(18-31(33)25-65-40(35)21-34(29)43(36)53-45)37-22-50-44(52-37)38-17-27(4)23-56(38)46(58)41(26(2)3)54-48(60)62-5/h8-16,18-19,21-22,26-27,32,38-39,41-42H,7,17,20,23-25H2,1-6H3,(H,50,52)(H,51,53)(H,54,60)(H,55,61)/t27-,32-,38-,39-,41-,42+/m0/s1. The summed E-state index contributed by atoms with van der Waals surface area (Å²) in [5.41, 5.74) is 7.05. The summed E-state index contributed by atoms with van der Waals surface area (Å²) in [6, 6.07) is 21.3. The van der Waals surface area contributed by atoms with E-state index in [9.17, 15) is 19.2 Å². The zero-order valence-electron chi connectivity index (χ0n) is 37.3. The van der Waals surface area contributed by atoms with E-state index in [0.29, 0.717) is 49.9 Å². The first kappa shape index (κ1) is 43.3. The molecule has 2 fully saturated rings. The Morgan fingerprint density at radius 1 is 0.846 bits per heavy atom. The smallest absolute Gasteiger partial charge is 0.407 e. The number of amides is 4. The number of hydrogen-bond donors (Lipinski definition) is 4.